The second kappa shape index (κ2) is 6.59. The highest BCUT2D eigenvalue weighted by Crippen LogP contribution is 2.10. The van der Waals surface area contributed by atoms with E-state index < -0.39 is 0 Å². The van der Waals surface area contributed by atoms with Gasteiger partial charge in [0.1, 0.15) is 6.54 Å². The Labute approximate surface area is 95.3 Å². The van der Waals surface area contributed by atoms with Crippen molar-refractivity contribution in [2.75, 3.05) is 13.1 Å². The van der Waals surface area contributed by atoms with E-state index >= 15 is 0 Å². The number of benzene rings is 1. The van der Waals surface area contributed by atoms with E-state index in [1.165, 1.54) is 0 Å². The molecule has 0 aromatic heterocycles. The van der Waals surface area contributed by atoms with Crippen LogP contribution in [0.25, 0.3) is 0 Å². The smallest absolute Gasteiger partial charge is 0.234 e. The lowest BCUT2D eigenvalue weighted by atomic mass is 10.1. The summed E-state index contributed by atoms with van der Waals surface area (Å²) in [5.41, 5.74) is 1.13. The Hall–Kier alpha value is -1.86. The van der Waals surface area contributed by atoms with Crippen molar-refractivity contribution < 1.29 is 4.79 Å². The van der Waals surface area contributed by atoms with Gasteiger partial charge in [-0.05, 0) is 12.5 Å². The average Bonchev–Trinajstić information content (AvgIpc) is 2.34. The molecule has 16 heavy (non-hydrogen) atoms. The van der Waals surface area contributed by atoms with E-state index in [2.05, 4.69) is 10.6 Å². The number of carbonyl (C=O) groups is 1. The number of rotatable bonds is 5. The molecule has 0 saturated carbocycles. The fourth-order valence-corrected chi connectivity index (χ4v) is 1.31. The summed E-state index contributed by atoms with van der Waals surface area (Å²) in [6.45, 7) is 2.27. The molecule has 0 unspecified atom stereocenters. The van der Waals surface area contributed by atoms with E-state index in [4.69, 9.17) is 5.26 Å². The normalized spacial score (nSPS) is 11.5. The molecule has 1 aromatic carbocycles. The zero-order valence-corrected chi connectivity index (χ0v) is 9.23. The zero-order valence-electron chi connectivity index (χ0n) is 9.23. The second-order valence-electron chi connectivity index (χ2n) is 3.45. The molecule has 84 valence electrons. The summed E-state index contributed by atoms with van der Waals surface area (Å²) in [6.07, 6.45) is 0. The van der Waals surface area contributed by atoms with Crippen LogP contribution >= 0.6 is 0 Å². The van der Waals surface area contributed by atoms with Gasteiger partial charge in [0.2, 0.25) is 5.91 Å². The Morgan fingerprint density at radius 1 is 1.44 bits per heavy atom. The molecule has 0 radical (unpaired) electrons. The third kappa shape index (κ3) is 4.11. The van der Waals surface area contributed by atoms with Gasteiger partial charge in [0.05, 0.1) is 12.6 Å². The minimum atomic E-state index is -0.163. The molecule has 1 atom stereocenters. The van der Waals surface area contributed by atoms with Gasteiger partial charge in [-0.1, -0.05) is 30.3 Å². The lowest BCUT2D eigenvalue weighted by Crippen LogP contribution is -2.35. The molecule has 4 nitrogen and oxygen atoms in total. The van der Waals surface area contributed by atoms with Gasteiger partial charge >= 0.3 is 0 Å². The Balaban J connectivity index is 2.33. The molecule has 0 bridgehead atoms. The molecule has 0 aliphatic rings. The highest BCUT2D eigenvalue weighted by Gasteiger charge is 2.06. The van der Waals surface area contributed by atoms with Crippen molar-refractivity contribution in [1.29, 1.82) is 5.26 Å². The number of hydrogen-bond donors (Lipinski definition) is 2. The molecule has 4 heteroatoms. The first-order chi connectivity index (χ1) is 7.74. The van der Waals surface area contributed by atoms with Crippen LogP contribution in [0.4, 0.5) is 0 Å². The van der Waals surface area contributed by atoms with Crippen molar-refractivity contribution in [1.82, 2.24) is 10.6 Å². The van der Waals surface area contributed by atoms with Gasteiger partial charge in [-0.2, -0.15) is 5.26 Å². The van der Waals surface area contributed by atoms with Crippen LogP contribution in [0.2, 0.25) is 0 Å². The van der Waals surface area contributed by atoms with Gasteiger partial charge < -0.3 is 10.6 Å². The quantitative estimate of drug-likeness (QED) is 0.722. The molecule has 0 saturated heterocycles. The van der Waals surface area contributed by atoms with Crippen LogP contribution in [0, 0.1) is 11.3 Å². The van der Waals surface area contributed by atoms with E-state index in [1.807, 2.05) is 43.3 Å². The molecule has 0 spiro atoms. The molecular formula is C12H15N3O. The number of nitriles is 1. The molecule has 1 amide bonds. The molecule has 1 aromatic rings. The fraction of sp³-hybridized carbons (Fsp3) is 0.333. The van der Waals surface area contributed by atoms with Crippen LogP contribution in [-0.2, 0) is 4.79 Å². The summed E-state index contributed by atoms with van der Waals surface area (Å²) in [5, 5.41) is 13.8. The molecule has 1 rings (SSSR count). The maximum Gasteiger partial charge on any atom is 0.234 e. The van der Waals surface area contributed by atoms with E-state index in [0.29, 0.717) is 0 Å². The summed E-state index contributed by atoms with van der Waals surface area (Å²) in [6, 6.07) is 11.9. The van der Waals surface area contributed by atoms with E-state index in [9.17, 15) is 4.79 Å². The molecule has 2 N–H and O–H groups in total. The van der Waals surface area contributed by atoms with Crippen LogP contribution in [-0.4, -0.2) is 19.0 Å². The van der Waals surface area contributed by atoms with Crippen molar-refractivity contribution in [3.63, 3.8) is 0 Å². The first-order valence-electron chi connectivity index (χ1n) is 5.16. The number of amides is 1. The van der Waals surface area contributed by atoms with E-state index in [1.54, 1.807) is 0 Å². The van der Waals surface area contributed by atoms with Gasteiger partial charge in [-0.25, -0.2) is 0 Å². The predicted octanol–water partition coefficient (Wildman–Crippen LogP) is 0.977. The number of nitrogens with one attached hydrogen (secondary N) is 2. The lowest BCUT2D eigenvalue weighted by Gasteiger charge is -2.13. The molecule has 0 aliphatic heterocycles. The fourth-order valence-electron chi connectivity index (χ4n) is 1.31. The highest BCUT2D eigenvalue weighted by atomic mass is 16.1. The Kier molecular flexibility index (Phi) is 5.03. The van der Waals surface area contributed by atoms with Crippen molar-refractivity contribution >= 4 is 5.91 Å². The summed E-state index contributed by atoms with van der Waals surface area (Å²) in [5.74, 6) is -0.163. The molecule has 0 heterocycles. The number of hydrogen-bond acceptors (Lipinski definition) is 3. The third-order valence-corrected chi connectivity index (χ3v) is 2.23. The maximum atomic E-state index is 11.2. The largest absolute Gasteiger partial charge is 0.342 e. The van der Waals surface area contributed by atoms with Gasteiger partial charge in [-0.3, -0.25) is 4.79 Å². The first-order valence-corrected chi connectivity index (χ1v) is 5.16. The van der Waals surface area contributed by atoms with Crippen LogP contribution in [0.5, 0.6) is 0 Å². The highest BCUT2D eigenvalue weighted by molar-refractivity contribution is 5.78. The van der Waals surface area contributed by atoms with Crippen LogP contribution < -0.4 is 10.6 Å². The first kappa shape index (κ1) is 12.2. The topological polar surface area (TPSA) is 64.9 Å². The Morgan fingerprint density at radius 2 is 2.12 bits per heavy atom. The maximum absolute atomic E-state index is 11.2. The minimum Gasteiger partial charge on any atom is -0.342 e. The zero-order chi connectivity index (χ0) is 11.8. The minimum absolute atomic E-state index is 0.0558. The summed E-state index contributed by atoms with van der Waals surface area (Å²) < 4.78 is 0. The van der Waals surface area contributed by atoms with Gasteiger partial charge in [0.15, 0.2) is 0 Å². The van der Waals surface area contributed by atoms with Crippen LogP contribution in [0.15, 0.2) is 30.3 Å². The van der Waals surface area contributed by atoms with Crippen molar-refractivity contribution in [3.05, 3.63) is 35.9 Å². The van der Waals surface area contributed by atoms with Gasteiger partial charge in [-0.15, -0.1) is 0 Å². The Morgan fingerprint density at radius 3 is 2.75 bits per heavy atom. The molecule has 0 aliphatic carbocycles. The van der Waals surface area contributed by atoms with Crippen molar-refractivity contribution in [2.24, 2.45) is 0 Å². The standard InChI is InChI=1S/C12H15N3O/c1-10(11-5-3-2-4-6-11)15-9-12(16)14-8-7-13/h2-6,10,15H,8-9H2,1H3,(H,14,16)/t10-/m0/s1. The third-order valence-electron chi connectivity index (χ3n) is 2.23. The van der Waals surface area contributed by atoms with Crippen LogP contribution in [0.3, 0.4) is 0 Å². The number of carbonyl (C=O) groups excluding carboxylic acids is 1. The molecular weight excluding hydrogens is 202 g/mol. The van der Waals surface area contributed by atoms with E-state index in [0.717, 1.165) is 5.56 Å². The Bertz CT molecular complexity index is 370. The summed E-state index contributed by atoms with van der Waals surface area (Å²) in [7, 11) is 0. The van der Waals surface area contributed by atoms with Crippen molar-refractivity contribution in [2.45, 2.75) is 13.0 Å². The summed E-state index contributed by atoms with van der Waals surface area (Å²) in [4.78, 5) is 11.2. The second-order valence-corrected chi connectivity index (χ2v) is 3.45. The van der Waals surface area contributed by atoms with Crippen molar-refractivity contribution in [3.8, 4) is 6.07 Å². The predicted molar refractivity (Wildman–Crippen MR) is 61.5 cm³/mol. The number of nitrogens with zero attached hydrogens (tertiary/aromatic N) is 1. The van der Waals surface area contributed by atoms with Gasteiger partial charge in [0, 0.05) is 6.04 Å². The van der Waals surface area contributed by atoms with Gasteiger partial charge in [0.25, 0.3) is 0 Å². The van der Waals surface area contributed by atoms with E-state index in [-0.39, 0.29) is 25.0 Å². The lowest BCUT2D eigenvalue weighted by molar-refractivity contribution is -0.120. The summed E-state index contributed by atoms with van der Waals surface area (Å²) >= 11 is 0. The SMILES string of the molecule is C[C@H](NCC(=O)NCC#N)c1ccccc1. The monoisotopic (exact) mass is 217 g/mol. The molecule has 0 fully saturated rings. The van der Waals surface area contributed by atoms with Crippen LogP contribution in [0.1, 0.15) is 18.5 Å². The average molecular weight is 217 g/mol.